The first-order valence-electron chi connectivity index (χ1n) is 8.46. The van der Waals surface area contributed by atoms with Gasteiger partial charge in [-0.2, -0.15) is 5.10 Å². The highest BCUT2D eigenvalue weighted by atomic mass is 15.3. The van der Waals surface area contributed by atoms with Crippen molar-refractivity contribution in [3.8, 4) is 0 Å². The van der Waals surface area contributed by atoms with E-state index in [1.165, 1.54) is 17.7 Å². The smallest absolute Gasteiger partial charge is 0.191 e. The molecule has 1 heterocycles. The van der Waals surface area contributed by atoms with Gasteiger partial charge in [0.2, 0.25) is 0 Å². The number of guanidine groups is 1. The molecule has 0 unspecified atom stereocenters. The van der Waals surface area contributed by atoms with Gasteiger partial charge in [-0.1, -0.05) is 13.8 Å². The van der Waals surface area contributed by atoms with Gasteiger partial charge in [-0.05, 0) is 51.5 Å². The van der Waals surface area contributed by atoms with E-state index >= 15 is 0 Å². The maximum absolute atomic E-state index is 4.64. The van der Waals surface area contributed by atoms with Crippen LogP contribution < -0.4 is 10.6 Å². The van der Waals surface area contributed by atoms with Gasteiger partial charge >= 0.3 is 0 Å². The molecule has 0 bridgehead atoms. The maximum Gasteiger partial charge on any atom is 0.191 e. The number of aromatic nitrogens is 2. The van der Waals surface area contributed by atoms with Crippen molar-refractivity contribution in [2.75, 3.05) is 19.6 Å². The number of hydrogen-bond donors (Lipinski definition) is 2. The Balaban J connectivity index is 2.45. The van der Waals surface area contributed by atoms with E-state index < -0.39 is 0 Å². The average molecular weight is 307 g/mol. The molecule has 0 aliphatic heterocycles. The Kier molecular flexibility index (Phi) is 7.99. The summed E-state index contributed by atoms with van der Waals surface area (Å²) >= 11 is 0. The van der Waals surface area contributed by atoms with Crippen LogP contribution in [0, 0.1) is 19.8 Å². The van der Waals surface area contributed by atoms with E-state index in [-0.39, 0.29) is 0 Å². The van der Waals surface area contributed by atoms with E-state index in [2.05, 4.69) is 55.3 Å². The number of nitrogens with one attached hydrogen (secondary N) is 2. The minimum absolute atomic E-state index is 0.752. The van der Waals surface area contributed by atoms with Crippen LogP contribution in [0.1, 0.15) is 50.6 Å². The number of rotatable bonds is 8. The monoisotopic (exact) mass is 307 g/mol. The molecule has 2 N–H and O–H groups in total. The lowest BCUT2D eigenvalue weighted by molar-refractivity contribution is 0.560. The summed E-state index contributed by atoms with van der Waals surface area (Å²) in [7, 11) is 2.00. The van der Waals surface area contributed by atoms with Crippen molar-refractivity contribution in [2.45, 2.75) is 53.9 Å². The minimum Gasteiger partial charge on any atom is -0.357 e. The van der Waals surface area contributed by atoms with Crippen molar-refractivity contribution in [3.05, 3.63) is 17.0 Å². The van der Waals surface area contributed by atoms with Gasteiger partial charge in [-0.3, -0.25) is 9.67 Å². The molecule has 1 aromatic heterocycles. The molecule has 0 saturated carbocycles. The molecule has 22 heavy (non-hydrogen) atoms. The molecule has 0 aliphatic rings. The Morgan fingerprint density at radius 1 is 1.27 bits per heavy atom. The van der Waals surface area contributed by atoms with Crippen molar-refractivity contribution in [2.24, 2.45) is 18.0 Å². The van der Waals surface area contributed by atoms with Gasteiger partial charge in [0.25, 0.3) is 0 Å². The zero-order chi connectivity index (χ0) is 16.5. The minimum atomic E-state index is 0.752. The fourth-order valence-corrected chi connectivity index (χ4v) is 2.52. The summed E-state index contributed by atoms with van der Waals surface area (Å²) in [6.45, 7) is 13.5. The van der Waals surface area contributed by atoms with Crippen LogP contribution in [0.2, 0.25) is 0 Å². The highest BCUT2D eigenvalue weighted by molar-refractivity contribution is 5.79. The summed E-state index contributed by atoms with van der Waals surface area (Å²) in [6.07, 6.45) is 3.36. The van der Waals surface area contributed by atoms with Crippen LogP contribution >= 0.6 is 0 Å². The summed E-state index contributed by atoms with van der Waals surface area (Å²) in [5.41, 5.74) is 3.71. The first-order chi connectivity index (χ1) is 10.5. The van der Waals surface area contributed by atoms with Crippen LogP contribution in [0.25, 0.3) is 0 Å². The summed E-state index contributed by atoms with van der Waals surface area (Å²) < 4.78 is 1.95. The van der Waals surface area contributed by atoms with E-state index in [0.29, 0.717) is 0 Å². The molecule has 126 valence electrons. The normalized spacial score (nSPS) is 12.0. The highest BCUT2D eigenvalue weighted by Gasteiger charge is 2.08. The molecule has 0 atom stereocenters. The highest BCUT2D eigenvalue weighted by Crippen LogP contribution is 2.11. The third-order valence-corrected chi connectivity index (χ3v) is 3.88. The standard InChI is InChI=1S/C17H33N5/c1-7-18-17(19-11-8-9-13(2)3)20-12-10-16-14(4)21-22(6)15(16)5/h13H,7-12H2,1-6H3,(H2,18,19,20). The first-order valence-corrected chi connectivity index (χ1v) is 8.46. The number of hydrogen-bond acceptors (Lipinski definition) is 2. The predicted octanol–water partition coefficient (Wildman–Crippen LogP) is 2.57. The van der Waals surface area contributed by atoms with Crippen molar-refractivity contribution < 1.29 is 0 Å². The van der Waals surface area contributed by atoms with Gasteiger partial charge < -0.3 is 10.6 Å². The Hall–Kier alpha value is -1.52. The largest absolute Gasteiger partial charge is 0.357 e. The molecule has 0 saturated heterocycles. The van der Waals surface area contributed by atoms with Crippen LogP contribution in [-0.4, -0.2) is 35.4 Å². The lowest BCUT2D eigenvalue weighted by Crippen LogP contribution is -2.38. The Morgan fingerprint density at radius 3 is 2.55 bits per heavy atom. The van der Waals surface area contributed by atoms with E-state index in [9.17, 15) is 0 Å². The second kappa shape index (κ2) is 9.49. The fourth-order valence-electron chi connectivity index (χ4n) is 2.52. The fraction of sp³-hybridized carbons (Fsp3) is 0.765. The van der Waals surface area contributed by atoms with Crippen molar-refractivity contribution in [1.82, 2.24) is 20.4 Å². The molecular weight excluding hydrogens is 274 g/mol. The maximum atomic E-state index is 4.64. The van der Waals surface area contributed by atoms with Crippen molar-refractivity contribution >= 4 is 5.96 Å². The van der Waals surface area contributed by atoms with Gasteiger partial charge in [0.1, 0.15) is 0 Å². The molecule has 0 radical (unpaired) electrons. The van der Waals surface area contributed by atoms with Gasteiger partial charge in [-0.25, -0.2) is 0 Å². The molecular formula is C17H33N5. The second-order valence-corrected chi connectivity index (χ2v) is 6.25. The topological polar surface area (TPSA) is 54.2 Å². The van der Waals surface area contributed by atoms with E-state index in [4.69, 9.17) is 0 Å². The van der Waals surface area contributed by atoms with Gasteiger partial charge in [-0.15, -0.1) is 0 Å². The van der Waals surface area contributed by atoms with Crippen LogP contribution in [0.5, 0.6) is 0 Å². The SMILES string of the molecule is CCNC(=NCCCC(C)C)NCCc1c(C)nn(C)c1C. The zero-order valence-corrected chi connectivity index (χ0v) is 15.2. The van der Waals surface area contributed by atoms with Crippen LogP contribution in [0.15, 0.2) is 4.99 Å². The molecule has 0 aromatic carbocycles. The van der Waals surface area contributed by atoms with E-state index in [0.717, 1.165) is 50.0 Å². The quantitative estimate of drug-likeness (QED) is 0.441. The van der Waals surface area contributed by atoms with Crippen molar-refractivity contribution in [3.63, 3.8) is 0 Å². The zero-order valence-electron chi connectivity index (χ0n) is 15.2. The number of nitrogens with zero attached hydrogens (tertiary/aromatic N) is 3. The summed E-state index contributed by atoms with van der Waals surface area (Å²) in [5, 5.41) is 11.2. The number of aryl methyl sites for hydroxylation is 2. The summed E-state index contributed by atoms with van der Waals surface area (Å²) in [5.74, 6) is 1.67. The predicted molar refractivity (Wildman–Crippen MR) is 94.4 cm³/mol. The molecule has 0 aliphatic carbocycles. The van der Waals surface area contributed by atoms with E-state index in [1.54, 1.807) is 0 Å². The molecule has 1 rings (SSSR count). The first kappa shape index (κ1) is 18.5. The van der Waals surface area contributed by atoms with Crippen LogP contribution in [-0.2, 0) is 13.5 Å². The van der Waals surface area contributed by atoms with Crippen molar-refractivity contribution in [1.29, 1.82) is 0 Å². The summed E-state index contributed by atoms with van der Waals surface area (Å²) in [4.78, 5) is 4.64. The lowest BCUT2D eigenvalue weighted by Gasteiger charge is -2.11. The Morgan fingerprint density at radius 2 is 2.00 bits per heavy atom. The lowest BCUT2D eigenvalue weighted by atomic mass is 10.1. The third kappa shape index (κ3) is 6.08. The van der Waals surface area contributed by atoms with E-state index in [1.807, 2.05) is 11.7 Å². The Bertz CT molecular complexity index is 474. The van der Waals surface area contributed by atoms with Gasteiger partial charge in [0.15, 0.2) is 5.96 Å². The molecule has 5 nitrogen and oxygen atoms in total. The number of aliphatic imine (C=N–C) groups is 1. The van der Waals surface area contributed by atoms with Gasteiger partial charge in [0.05, 0.1) is 5.69 Å². The molecule has 5 heteroatoms. The molecule has 1 aromatic rings. The molecule has 0 amide bonds. The van der Waals surface area contributed by atoms with Crippen LogP contribution in [0.4, 0.5) is 0 Å². The molecule has 0 spiro atoms. The average Bonchev–Trinajstić information content (AvgIpc) is 2.69. The van der Waals surface area contributed by atoms with Gasteiger partial charge in [0, 0.05) is 32.4 Å². The summed E-state index contributed by atoms with van der Waals surface area (Å²) in [6, 6.07) is 0. The third-order valence-electron chi connectivity index (χ3n) is 3.88. The Labute approximate surface area is 135 Å². The second-order valence-electron chi connectivity index (χ2n) is 6.25. The van der Waals surface area contributed by atoms with Crippen LogP contribution in [0.3, 0.4) is 0 Å². The molecule has 0 fully saturated rings.